The van der Waals surface area contributed by atoms with E-state index in [1.165, 1.54) is 31.7 Å². The minimum absolute atomic E-state index is 0.0437. The maximum atomic E-state index is 12.0. The number of aromatic nitrogens is 2. The van der Waals surface area contributed by atoms with Crippen LogP contribution in [0, 0.1) is 5.92 Å². The number of alkyl halides is 1. The minimum Gasteiger partial charge on any atom is -0.349 e. The highest BCUT2D eigenvalue weighted by atomic mass is 79.9. The average Bonchev–Trinajstić information content (AvgIpc) is 2.40. The van der Waals surface area contributed by atoms with E-state index >= 15 is 0 Å². The van der Waals surface area contributed by atoms with Crippen molar-refractivity contribution in [2.24, 2.45) is 5.92 Å². The van der Waals surface area contributed by atoms with Gasteiger partial charge in [-0.05, 0) is 24.8 Å². The van der Waals surface area contributed by atoms with Gasteiger partial charge in [0.25, 0.3) is 5.91 Å². The standard InChI is InChI=1S/C12H16BrN3O/c13-7-9-3-1-2-4-11(9)16-12(17)10-5-6-14-15-8-10/h5-6,8-9,11H,1-4,7H2,(H,16,17). The molecule has 0 aliphatic heterocycles. The molecule has 1 aromatic heterocycles. The molecule has 2 unspecified atom stereocenters. The molecule has 1 aromatic rings. The predicted molar refractivity (Wildman–Crippen MR) is 69.0 cm³/mol. The lowest BCUT2D eigenvalue weighted by Gasteiger charge is -2.30. The Labute approximate surface area is 109 Å². The number of nitrogens with one attached hydrogen (secondary N) is 1. The first-order valence-electron chi connectivity index (χ1n) is 5.95. The molecule has 4 nitrogen and oxygen atoms in total. The Morgan fingerprint density at radius 2 is 2.24 bits per heavy atom. The van der Waals surface area contributed by atoms with Crippen molar-refractivity contribution in [1.82, 2.24) is 15.5 Å². The van der Waals surface area contributed by atoms with Gasteiger partial charge in [-0.3, -0.25) is 4.79 Å². The number of carbonyl (C=O) groups excluding carboxylic acids is 1. The molecule has 1 aliphatic carbocycles. The maximum Gasteiger partial charge on any atom is 0.253 e. The number of carbonyl (C=O) groups is 1. The highest BCUT2D eigenvalue weighted by Gasteiger charge is 2.25. The van der Waals surface area contributed by atoms with Crippen LogP contribution in [0.2, 0.25) is 0 Å². The van der Waals surface area contributed by atoms with E-state index in [2.05, 4.69) is 31.4 Å². The average molecular weight is 298 g/mol. The van der Waals surface area contributed by atoms with Crippen molar-refractivity contribution >= 4 is 21.8 Å². The fourth-order valence-corrected chi connectivity index (χ4v) is 3.03. The normalized spacial score (nSPS) is 24.3. The van der Waals surface area contributed by atoms with E-state index in [4.69, 9.17) is 0 Å². The summed E-state index contributed by atoms with van der Waals surface area (Å²) >= 11 is 3.52. The van der Waals surface area contributed by atoms with Gasteiger partial charge >= 0.3 is 0 Å². The number of rotatable bonds is 3. The Hall–Kier alpha value is -0.970. The smallest absolute Gasteiger partial charge is 0.253 e. The summed E-state index contributed by atoms with van der Waals surface area (Å²) in [5.41, 5.74) is 0.582. The summed E-state index contributed by atoms with van der Waals surface area (Å²) in [7, 11) is 0. The van der Waals surface area contributed by atoms with Crippen LogP contribution < -0.4 is 5.32 Å². The highest BCUT2D eigenvalue weighted by molar-refractivity contribution is 9.09. The summed E-state index contributed by atoms with van der Waals surface area (Å²) in [5.74, 6) is 0.500. The van der Waals surface area contributed by atoms with Crippen LogP contribution in [-0.4, -0.2) is 27.5 Å². The molecule has 2 rings (SSSR count). The fraction of sp³-hybridized carbons (Fsp3) is 0.583. The van der Waals surface area contributed by atoms with Crippen LogP contribution in [0.4, 0.5) is 0 Å². The first-order chi connectivity index (χ1) is 8.31. The number of hydrogen-bond donors (Lipinski definition) is 1. The molecule has 1 saturated carbocycles. The van der Waals surface area contributed by atoms with Crippen LogP contribution >= 0.6 is 15.9 Å². The van der Waals surface area contributed by atoms with Gasteiger partial charge in [-0.15, -0.1) is 0 Å². The second kappa shape index (κ2) is 6.10. The van der Waals surface area contributed by atoms with Crippen LogP contribution in [0.25, 0.3) is 0 Å². The van der Waals surface area contributed by atoms with Crippen molar-refractivity contribution in [3.05, 3.63) is 24.0 Å². The third-order valence-corrected chi connectivity index (χ3v) is 4.10. The molecular weight excluding hydrogens is 282 g/mol. The SMILES string of the molecule is O=C(NC1CCCCC1CBr)c1ccnnc1. The van der Waals surface area contributed by atoms with Gasteiger partial charge in [0, 0.05) is 11.4 Å². The lowest BCUT2D eigenvalue weighted by molar-refractivity contribution is 0.0911. The fourth-order valence-electron chi connectivity index (χ4n) is 2.26. The molecule has 1 heterocycles. The van der Waals surface area contributed by atoms with Crippen molar-refractivity contribution in [3.8, 4) is 0 Å². The predicted octanol–water partition coefficient (Wildman–Crippen LogP) is 2.16. The zero-order chi connectivity index (χ0) is 12.1. The van der Waals surface area contributed by atoms with Gasteiger partial charge in [-0.25, -0.2) is 0 Å². The molecule has 1 N–H and O–H groups in total. The van der Waals surface area contributed by atoms with E-state index in [1.54, 1.807) is 6.07 Å². The maximum absolute atomic E-state index is 12.0. The molecule has 2 atom stereocenters. The third-order valence-electron chi connectivity index (χ3n) is 3.27. The number of amides is 1. The Bertz CT molecular complexity index is 371. The van der Waals surface area contributed by atoms with Crippen molar-refractivity contribution in [3.63, 3.8) is 0 Å². The van der Waals surface area contributed by atoms with Crippen molar-refractivity contribution in [2.75, 3.05) is 5.33 Å². The van der Waals surface area contributed by atoms with E-state index < -0.39 is 0 Å². The third kappa shape index (κ3) is 3.25. The summed E-state index contributed by atoms with van der Waals surface area (Å²) in [6.45, 7) is 0. The van der Waals surface area contributed by atoms with Gasteiger partial charge in [-0.1, -0.05) is 28.8 Å². The number of nitrogens with zero attached hydrogens (tertiary/aromatic N) is 2. The topological polar surface area (TPSA) is 54.9 Å². The largest absolute Gasteiger partial charge is 0.349 e. The first-order valence-corrected chi connectivity index (χ1v) is 7.07. The summed E-state index contributed by atoms with van der Waals surface area (Å²) in [6.07, 6.45) is 7.76. The summed E-state index contributed by atoms with van der Waals surface area (Å²) in [5, 5.41) is 11.4. The zero-order valence-electron chi connectivity index (χ0n) is 9.60. The molecule has 0 radical (unpaired) electrons. The Morgan fingerprint density at radius 3 is 2.94 bits per heavy atom. The van der Waals surface area contributed by atoms with E-state index in [9.17, 15) is 4.79 Å². The van der Waals surface area contributed by atoms with Crippen molar-refractivity contribution in [1.29, 1.82) is 0 Å². The van der Waals surface area contributed by atoms with Crippen LogP contribution in [-0.2, 0) is 0 Å². The Balaban J connectivity index is 1.98. The summed E-state index contributed by atoms with van der Waals surface area (Å²) in [6, 6.07) is 1.97. The van der Waals surface area contributed by atoms with Gasteiger partial charge in [0.1, 0.15) is 0 Å². The Kier molecular flexibility index (Phi) is 4.48. The molecular formula is C12H16BrN3O. The number of hydrogen-bond acceptors (Lipinski definition) is 3. The lowest BCUT2D eigenvalue weighted by Crippen LogP contribution is -2.42. The monoisotopic (exact) mass is 297 g/mol. The molecule has 5 heteroatoms. The zero-order valence-corrected chi connectivity index (χ0v) is 11.2. The van der Waals surface area contributed by atoms with Gasteiger partial charge in [0.05, 0.1) is 18.0 Å². The van der Waals surface area contributed by atoms with Gasteiger partial charge in [0.2, 0.25) is 0 Å². The molecule has 1 aliphatic rings. The van der Waals surface area contributed by atoms with Crippen LogP contribution in [0.3, 0.4) is 0 Å². The highest BCUT2D eigenvalue weighted by Crippen LogP contribution is 2.26. The van der Waals surface area contributed by atoms with E-state index in [0.717, 1.165) is 11.8 Å². The molecule has 0 aromatic carbocycles. The van der Waals surface area contributed by atoms with Crippen molar-refractivity contribution in [2.45, 2.75) is 31.7 Å². The first kappa shape index (κ1) is 12.5. The molecule has 1 amide bonds. The molecule has 0 saturated heterocycles. The van der Waals surface area contributed by atoms with Crippen LogP contribution in [0.5, 0.6) is 0 Å². The second-order valence-electron chi connectivity index (χ2n) is 4.41. The van der Waals surface area contributed by atoms with Crippen LogP contribution in [0.1, 0.15) is 36.0 Å². The van der Waals surface area contributed by atoms with Crippen molar-refractivity contribution < 1.29 is 4.79 Å². The van der Waals surface area contributed by atoms with Gasteiger partial charge in [0.15, 0.2) is 0 Å². The molecule has 92 valence electrons. The van der Waals surface area contributed by atoms with Gasteiger partial charge < -0.3 is 5.32 Å². The quantitative estimate of drug-likeness (QED) is 0.870. The Morgan fingerprint density at radius 1 is 1.41 bits per heavy atom. The van der Waals surface area contributed by atoms with E-state index in [1.807, 2.05) is 0 Å². The molecule has 0 bridgehead atoms. The lowest BCUT2D eigenvalue weighted by atomic mass is 9.86. The summed E-state index contributed by atoms with van der Waals surface area (Å²) < 4.78 is 0. The number of halogens is 1. The summed E-state index contributed by atoms with van der Waals surface area (Å²) in [4.78, 5) is 12.0. The van der Waals surface area contributed by atoms with Gasteiger partial charge in [-0.2, -0.15) is 10.2 Å². The minimum atomic E-state index is -0.0437. The van der Waals surface area contributed by atoms with E-state index in [0.29, 0.717) is 11.5 Å². The second-order valence-corrected chi connectivity index (χ2v) is 5.06. The van der Waals surface area contributed by atoms with Crippen LogP contribution in [0.15, 0.2) is 18.5 Å². The van der Waals surface area contributed by atoms with E-state index in [-0.39, 0.29) is 11.9 Å². The molecule has 1 fully saturated rings. The molecule has 17 heavy (non-hydrogen) atoms. The molecule has 0 spiro atoms.